The maximum Gasteiger partial charge on any atom is 0.253 e. The number of likely N-dealkylation sites (N-methyl/N-ethyl adjacent to an activating group) is 1. The Morgan fingerprint density at radius 1 is 1.23 bits per heavy atom. The third-order valence-corrected chi connectivity index (χ3v) is 5.28. The van der Waals surface area contributed by atoms with Crippen molar-refractivity contribution in [2.75, 3.05) is 39.8 Å². The van der Waals surface area contributed by atoms with E-state index in [-0.39, 0.29) is 10.8 Å². The molecule has 122 valence electrons. The number of amides is 1. The number of carbonyl (C=O) groups is 1. The predicted molar refractivity (Wildman–Crippen MR) is 85.3 cm³/mol. The molecule has 1 aliphatic rings. The summed E-state index contributed by atoms with van der Waals surface area (Å²) in [6.07, 6.45) is 0.928. The molecule has 22 heavy (non-hydrogen) atoms. The molecule has 0 saturated carbocycles. The van der Waals surface area contributed by atoms with Crippen molar-refractivity contribution in [1.29, 1.82) is 0 Å². The lowest BCUT2D eigenvalue weighted by molar-refractivity contribution is 0.0762. The highest BCUT2D eigenvalue weighted by Gasteiger charge is 2.21. The Bertz CT molecular complexity index is 631. The largest absolute Gasteiger partial charge is 0.337 e. The molecule has 6 nitrogen and oxygen atoms in total. The van der Waals surface area contributed by atoms with Crippen LogP contribution in [0.1, 0.15) is 23.7 Å². The minimum Gasteiger partial charge on any atom is -0.337 e. The van der Waals surface area contributed by atoms with Crippen LogP contribution in [-0.4, -0.2) is 63.9 Å². The molecule has 0 unspecified atom stereocenters. The summed E-state index contributed by atoms with van der Waals surface area (Å²) >= 11 is 0. The molecule has 1 fully saturated rings. The minimum atomic E-state index is -3.54. The van der Waals surface area contributed by atoms with Crippen LogP contribution in [0.15, 0.2) is 29.2 Å². The van der Waals surface area contributed by atoms with Crippen molar-refractivity contribution in [2.24, 2.45) is 0 Å². The molecule has 0 aromatic heterocycles. The topological polar surface area (TPSA) is 69.7 Å². The van der Waals surface area contributed by atoms with Gasteiger partial charge in [-0.05, 0) is 38.2 Å². The highest BCUT2D eigenvalue weighted by atomic mass is 32.2. The number of nitrogens with one attached hydrogen (secondary N) is 1. The maximum absolute atomic E-state index is 12.6. The van der Waals surface area contributed by atoms with Crippen molar-refractivity contribution in [3.05, 3.63) is 29.8 Å². The molecule has 1 amide bonds. The number of benzene rings is 1. The minimum absolute atomic E-state index is 0.108. The quantitative estimate of drug-likeness (QED) is 0.887. The monoisotopic (exact) mass is 325 g/mol. The van der Waals surface area contributed by atoms with Gasteiger partial charge >= 0.3 is 0 Å². The van der Waals surface area contributed by atoms with Crippen LogP contribution in [-0.2, 0) is 10.0 Å². The van der Waals surface area contributed by atoms with E-state index in [4.69, 9.17) is 0 Å². The molecule has 0 bridgehead atoms. The molecule has 7 heteroatoms. The number of carbonyl (C=O) groups excluding carboxylic acids is 1. The fraction of sp³-hybridized carbons (Fsp3) is 0.533. The zero-order valence-electron chi connectivity index (χ0n) is 13.1. The lowest BCUT2D eigenvalue weighted by atomic mass is 10.2. The molecule has 1 N–H and O–H groups in total. The van der Waals surface area contributed by atoms with Crippen molar-refractivity contribution in [2.45, 2.75) is 18.2 Å². The molecule has 2 rings (SSSR count). The van der Waals surface area contributed by atoms with Crippen LogP contribution in [0.2, 0.25) is 0 Å². The standard InChI is InChI=1S/C15H23N3O3S/c1-3-16-22(20,21)14-7-4-6-13(12-14)15(19)18-9-5-8-17(2)10-11-18/h4,6-7,12,16H,3,5,8-11H2,1-2H3. The Labute approximate surface area is 132 Å². The van der Waals surface area contributed by atoms with Crippen molar-refractivity contribution >= 4 is 15.9 Å². The zero-order chi connectivity index (χ0) is 16.2. The van der Waals surface area contributed by atoms with Crippen molar-refractivity contribution in [3.63, 3.8) is 0 Å². The normalized spacial score (nSPS) is 17.3. The number of hydrogen-bond donors (Lipinski definition) is 1. The van der Waals surface area contributed by atoms with Gasteiger partial charge in [0.15, 0.2) is 0 Å². The molecule has 1 aromatic carbocycles. The lowest BCUT2D eigenvalue weighted by Crippen LogP contribution is -2.34. The summed E-state index contributed by atoms with van der Waals surface area (Å²) < 4.78 is 26.5. The van der Waals surface area contributed by atoms with Crippen LogP contribution in [0.5, 0.6) is 0 Å². The summed E-state index contributed by atoms with van der Waals surface area (Å²) in [6, 6.07) is 6.24. The van der Waals surface area contributed by atoms with Crippen molar-refractivity contribution in [1.82, 2.24) is 14.5 Å². The molecule has 0 radical (unpaired) electrons. The molecular weight excluding hydrogens is 302 g/mol. The second-order valence-corrected chi connectivity index (χ2v) is 7.25. The zero-order valence-corrected chi connectivity index (χ0v) is 13.9. The van der Waals surface area contributed by atoms with Gasteiger partial charge in [-0.15, -0.1) is 0 Å². The summed E-state index contributed by atoms with van der Waals surface area (Å²) in [6.45, 7) is 5.21. The Morgan fingerprint density at radius 3 is 2.73 bits per heavy atom. The van der Waals surface area contributed by atoms with Gasteiger partial charge in [0.05, 0.1) is 4.90 Å². The van der Waals surface area contributed by atoms with E-state index in [1.807, 2.05) is 7.05 Å². The summed E-state index contributed by atoms with van der Waals surface area (Å²) in [5.41, 5.74) is 0.420. The fourth-order valence-corrected chi connectivity index (χ4v) is 3.59. The Kier molecular flexibility index (Phi) is 5.55. The van der Waals surface area contributed by atoms with Gasteiger partial charge in [0.1, 0.15) is 0 Å². The molecular formula is C15H23N3O3S. The number of sulfonamides is 1. The molecule has 0 atom stereocenters. The number of nitrogens with zero attached hydrogens (tertiary/aromatic N) is 2. The smallest absolute Gasteiger partial charge is 0.253 e. The van der Waals surface area contributed by atoms with E-state index in [2.05, 4.69) is 9.62 Å². The van der Waals surface area contributed by atoms with Crippen LogP contribution >= 0.6 is 0 Å². The fourth-order valence-electron chi connectivity index (χ4n) is 2.50. The van der Waals surface area contributed by atoms with Gasteiger partial charge in [-0.3, -0.25) is 4.79 Å². The van der Waals surface area contributed by atoms with Crippen LogP contribution in [0.25, 0.3) is 0 Å². The molecule has 1 aliphatic heterocycles. The molecule has 1 aromatic rings. The summed E-state index contributed by atoms with van der Waals surface area (Å²) in [5, 5.41) is 0. The summed E-state index contributed by atoms with van der Waals surface area (Å²) in [7, 11) is -1.50. The second-order valence-electron chi connectivity index (χ2n) is 5.48. The van der Waals surface area contributed by atoms with Crippen LogP contribution in [0.3, 0.4) is 0 Å². The highest BCUT2D eigenvalue weighted by Crippen LogP contribution is 2.14. The number of rotatable bonds is 4. The molecule has 1 heterocycles. The Hall–Kier alpha value is -1.44. The Morgan fingerprint density at radius 2 is 2.00 bits per heavy atom. The first-order chi connectivity index (χ1) is 10.4. The van der Waals surface area contributed by atoms with E-state index in [9.17, 15) is 13.2 Å². The van der Waals surface area contributed by atoms with E-state index in [1.54, 1.807) is 24.0 Å². The highest BCUT2D eigenvalue weighted by molar-refractivity contribution is 7.89. The van der Waals surface area contributed by atoms with Gasteiger partial charge in [0, 0.05) is 31.7 Å². The predicted octanol–water partition coefficient (Wildman–Crippen LogP) is 0.762. The average Bonchev–Trinajstić information content (AvgIpc) is 2.71. The molecule has 0 spiro atoms. The van der Waals surface area contributed by atoms with E-state index in [0.717, 1.165) is 19.5 Å². The first-order valence-corrected chi connectivity index (χ1v) is 9.00. The second kappa shape index (κ2) is 7.21. The number of hydrogen-bond acceptors (Lipinski definition) is 4. The summed E-state index contributed by atoms with van der Waals surface area (Å²) in [5.74, 6) is -0.108. The van der Waals surface area contributed by atoms with Crippen molar-refractivity contribution < 1.29 is 13.2 Å². The van der Waals surface area contributed by atoms with Gasteiger partial charge < -0.3 is 9.80 Å². The van der Waals surface area contributed by atoms with Crippen LogP contribution < -0.4 is 4.72 Å². The van der Waals surface area contributed by atoms with Crippen LogP contribution in [0, 0.1) is 0 Å². The molecule has 0 aliphatic carbocycles. The van der Waals surface area contributed by atoms with Crippen LogP contribution in [0.4, 0.5) is 0 Å². The molecule has 1 saturated heterocycles. The van der Waals surface area contributed by atoms with E-state index in [0.29, 0.717) is 25.2 Å². The third kappa shape index (κ3) is 4.06. The average molecular weight is 325 g/mol. The lowest BCUT2D eigenvalue weighted by Gasteiger charge is -2.20. The first kappa shape index (κ1) is 16.9. The van der Waals surface area contributed by atoms with Gasteiger partial charge in [-0.25, -0.2) is 13.1 Å². The van der Waals surface area contributed by atoms with Gasteiger partial charge in [-0.2, -0.15) is 0 Å². The van der Waals surface area contributed by atoms with E-state index >= 15 is 0 Å². The SMILES string of the molecule is CCNS(=O)(=O)c1cccc(C(=O)N2CCCN(C)CC2)c1. The van der Waals surface area contributed by atoms with E-state index in [1.165, 1.54) is 12.1 Å². The third-order valence-electron chi connectivity index (χ3n) is 3.73. The van der Waals surface area contributed by atoms with Crippen molar-refractivity contribution in [3.8, 4) is 0 Å². The van der Waals surface area contributed by atoms with E-state index < -0.39 is 10.0 Å². The van der Waals surface area contributed by atoms with Gasteiger partial charge in [-0.1, -0.05) is 13.0 Å². The van der Waals surface area contributed by atoms with Gasteiger partial charge in [0.2, 0.25) is 10.0 Å². The first-order valence-electron chi connectivity index (χ1n) is 7.51. The summed E-state index contributed by atoms with van der Waals surface area (Å²) in [4.78, 5) is 16.7. The van der Waals surface area contributed by atoms with Gasteiger partial charge in [0.25, 0.3) is 5.91 Å². The Balaban J connectivity index is 2.20. The maximum atomic E-state index is 12.6.